The van der Waals surface area contributed by atoms with Crippen molar-refractivity contribution >= 4 is 25.8 Å². The Morgan fingerprint density at radius 2 is 2.19 bits per heavy atom. The molecule has 10 heteroatoms. The Labute approximate surface area is 122 Å². The number of aromatic carboxylic acids is 1. The van der Waals surface area contributed by atoms with Gasteiger partial charge in [0.2, 0.25) is 10.0 Å². The van der Waals surface area contributed by atoms with Crippen LogP contribution < -0.4 is 4.72 Å². The molecule has 8 nitrogen and oxygen atoms in total. The SMILES string of the molecule is CCn1cc(S(=O)(=O)NC2C=CS(=O)(=O)C2)cc1C(=O)O. The molecule has 0 bridgehead atoms. The Morgan fingerprint density at radius 3 is 2.62 bits per heavy atom. The van der Waals surface area contributed by atoms with Crippen molar-refractivity contribution in [1.29, 1.82) is 0 Å². The molecule has 2 N–H and O–H groups in total. The first-order valence-electron chi connectivity index (χ1n) is 6.01. The maximum absolute atomic E-state index is 12.2. The fraction of sp³-hybridized carbons (Fsp3) is 0.364. The summed E-state index contributed by atoms with van der Waals surface area (Å²) >= 11 is 0. The number of nitrogens with one attached hydrogen (secondary N) is 1. The van der Waals surface area contributed by atoms with Gasteiger partial charge in [-0.25, -0.2) is 26.4 Å². The summed E-state index contributed by atoms with van der Waals surface area (Å²) in [4.78, 5) is 10.8. The summed E-state index contributed by atoms with van der Waals surface area (Å²) in [6.07, 6.45) is 2.46. The van der Waals surface area contributed by atoms with E-state index in [-0.39, 0.29) is 16.3 Å². The number of aryl methyl sites for hydroxylation is 1. The van der Waals surface area contributed by atoms with Crippen LogP contribution in [0.4, 0.5) is 0 Å². The highest BCUT2D eigenvalue weighted by molar-refractivity contribution is 7.94. The lowest BCUT2D eigenvalue weighted by Gasteiger charge is -2.09. The van der Waals surface area contributed by atoms with Gasteiger partial charge in [-0.3, -0.25) is 0 Å². The molecule has 0 amide bonds. The van der Waals surface area contributed by atoms with E-state index in [4.69, 9.17) is 5.11 Å². The van der Waals surface area contributed by atoms with E-state index in [1.807, 2.05) is 0 Å². The molecule has 0 spiro atoms. The van der Waals surface area contributed by atoms with Crippen LogP contribution >= 0.6 is 0 Å². The molecule has 21 heavy (non-hydrogen) atoms. The molecule has 1 atom stereocenters. The van der Waals surface area contributed by atoms with E-state index in [0.29, 0.717) is 6.54 Å². The van der Waals surface area contributed by atoms with Crippen LogP contribution in [-0.2, 0) is 26.4 Å². The monoisotopic (exact) mass is 334 g/mol. The predicted octanol–water partition coefficient (Wildman–Crippen LogP) is -0.205. The van der Waals surface area contributed by atoms with Gasteiger partial charge < -0.3 is 9.67 Å². The Morgan fingerprint density at radius 1 is 1.52 bits per heavy atom. The summed E-state index contributed by atoms with van der Waals surface area (Å²) < 4.78 is 50.3. The molecular formula is C11H14N2O6S2. The van der Waals surface area contributed by atoms with E-state index in [0.717, 1.165) is 11.5 Å². The molecule has 116 valence electrons. The van der Waals surface area contributed by atoms with E-state index >= 15 is 0 Å². The van der Waals surface area contributed by atoms with Crippen LogP contribution in [0.25, 0.3) is 0 Å². The van der Waals surface area contributed by atoms with Gasteiger partial charge in [-0.15, -0.1) is 0 Å². The third kappa shape index (κ3) is 3.34. The van der Waals surface area contributed by atoms with Crippen LogP contribution in [0.5, 0.6) is 0 Å². The van der Waals surface area contributed by atoms with Crippen molar-refractivity contribution in [2.75, 3.05) is 5.75 Å². The summed E-state index contributed by atoms with van der Waals surface area (Å²) in [6, 6.07) is 0.194. The van der Waals surface area contributed by atoms with Gasteiger partial charge in [-0.05, 0) is 13.0 Å². The summed E-state index contributed by atoms with van der Waals surface area (Å²) in [6.45, 7) is 1.98. The fourth-order valence-corrected chi connectivity index (χ4v) is 4.56. The van der Waals surface area contributed by atoms with Gasteiger partial charge >= 0.3 is 5.97 Å². The number of sulfonamides is 1. The number of carbonyl (C=O) groups is 1. The van der Waals surface area contributed by atoms with Gasteiger partial charge in [0.1, 0.15) is 10.6 Å². The van der Waals surface area contributed by atoms with Crippen molar-refractivity contribution in [2.45, 2.75) is 24.4 Å². The van der Waals surface area contributed by atoms with Crippen molar-refractivity contribution in [3.8, 4) is 0 Å². The summed E-state index contributed by atoms with van der Waals surface area (Å²) in [5.74, 6) is -1.58. The Balaban J connectivity index is 2.29. The number of nitrogens with zero attached hydrogens (tertiary/aromatic N) is 1. The third-order valence-electron chi connectivity index (χ3n) is 2.98. The van der Waals surface area contributed by atoms with E-state index in [2.05, 4.69) is 4.72 Å². The number of hydrogen-bond donors (Lipinski definition) is 2. The van der Waals surface area contributed by atoms with Gasteiger partial charge in [0.25, 0.3) is 0 Å². The number of hydrogen-bond acceptors (Lipinski definition) is 5. The van der Waals surface area contributed by atoms with Crippen LogP contribution in [0.1, 0.15) is 17.4 Å². The fourth-order valence-electron chi connectivity index (χ4n) is 1.99. The standard InChI is InChI=1S/C11H14N2O6S2/c1-2-13-6-9(5-10(13)11(14)15)21(18,19)12-8-3-4-20(16,17)7-8/h3-6,8,12H,2,7H2,1H3,(H,14,15). The molecule has 0 fully saturated rings. The largest absolute Gasteiger partial charge is 0.477 e. The lowest BCUT2D eigenvalue weighted by atomic mass is 10.4. The number of rotatable bonds is 5. The summed E-state index contributed by atoms with van der Waals surface area (Å²) in [7, 11) is -7.37. The quantitative estimate of drug-likeness (QED) is 0.768. The zero-order valence-corrected chi connectivity index (χ0v) is 12.7. The highest BCUT2D eigenvalue weighted by Crippen LogP contribution is 2.17. The Bertz CT molecular complexity index is 804. The van der Waals surface area contributed by atoms with Crippen LogP contribution in [0.3, 0.4) is 0 Å². The van der Waals surface area contributed by atoms with Gasteiger partial charge in [0.15, 0.2) is 9.84 Å². The van der Waals surface area contributed by atoms with Crippen LogP contribution in [0.15, 0.2) is 28.6 Å². The second-order valence-corrected chi connectivity index (χ2v) is 8.18. The lowest BCUT2D eigenvalue weighted by Crippen LogP contribution is -2.35. The Hall–Kier alpha value is -1.65. The molecule has 0 saturated heterocycles. The summed E-state index contributed by atoms with van der Waals surface area (Å²) in [5, 5.41) is 9.96. The van der Waals surface area contributed by atoms with Crippen molar-refractivity contribution in [1.82, 2.24) is 9.29 Å². The van der Waals surface area contributed by atoms with Crippen molar-refractivity contribution in [3.05, 3.63) is 29.4 Å². The van der Waals surface area contributed by atoms with Gasteiger partial charge in [-0.1, -0.05) is 6.08 Å². The minimum atomic E-state index is -3.99. The van der Waals surface area contributed by atoms with E-state index in [9.17, 15) is 21.6 Å². The average Bonchev–Trinajstić information content (AvgIpc) is 2.92. The molecule has 1 aromatic heterocycles. The van der Waals surface area contributed by atoms with Crippen molar-refractivity contribution in [2.24, 2.45) is 0 Å². The smallest absolute Gasteiger partial charge is 0.352 e. The topological polar surface area (TPSA) is 123 Å². The van der Waals surface area contributed by atoms with E-state index in [1.165, 1.54) is 16.8 Å². The summed E-state index contributed by atoms with van der Waals surface area (Å²) in [5.41, 5.74) is -0.146. The molecule has 0 saturated carbocycles. The second-order valence-electron chi connectivity index (χ2n) is 4.54. The van der Waals surface area contributed by atoms with Crippen molar-refractivity contribution in [3.63, 3.8) is 0 Å². The molecule has 1 aromatic rings. The Kier molecular flexibility index (Phi) is 3.95. The molecule has 2 heterocycles. The lowest BCUT2D eigenvalue weighted by molar-refractivity contribution is 0.0685. The molecule has 0 radical (unpaired) electrons. The normalized spacial score (nSPS) is 20.7. The minimum absolute atomic E-state index is 0.146. The number of carboxylic acids is 1. The third-order valence-corrected chi connectivity index (χ3v) is 5.83. The highest BCUT2D eigenvalue weighted by Gasteiger charge is 2.28. The minimum Gasteiger partial charge on any atom is -0.477 e. The van der Waals surface area contributed by atoms with E-state index in [1.54, 1.807) is 6.92 Å². The molecule has 1 unspecified atom stereocenters. The number of aromatic nitrogens is 1. The highest BCUT2D eigenvalue weighted by atomic mass is 32.2. The predicted molar refractivity (Wildman–Crippen MR) is 74.1 cm³/mol. The first-order valence-corrected chi connectivity index (χ1v) is 9.21. The first-order chi connectivity index (χ1) is 9.64. The van der Waals surface area contributed by atoms with Crippen LogP contribution in [0, 0.1) is 0 Å². The molecule has 0 aliphatic carbocycles. The van der Waals surface area contributed by atoms with Gasteiger partial charge in [0.05, 0.1) is 11.8 Å². The van der Waals surface area contributed by atoms with Crippen molar-refractivity contribution < 1.29 is 26.7 Å². The second kappa shape index (κ2) is 5.28. The molecular weight excluding hydrogens is 320 g/mol. The van der Waals surface area contributed by atoms with E-state index < -0.39 is 31.9 Å². The molecule has 0 aromatic carbocycles. The number of sulfone groups is 1. The van der Waals surface area contributed by atoms with Gasteiger partial charge in [0, 0.05) is 18.1 Å². The van der Waals surface area contributed by atoms with Crippen LogP contribution in [-0.4, -0.2) is 44.3 Å². The molecule has 1 aliphatic heterocycles. The van der Waals surface area contributed by atoms with Gasteiger partial charge in [-0.2, -0.15) is 0 Å². The molecule has 1 aliphatic rings. The maximum atomic E-state index is 12.2. The van der Waals surface area contributed by atoms with Crippen LogP contribution in [0.2, 0.25) is 0 Å². The zero-order chi connectivity index (χ0) is 15.8. The maximum Gasteiger partial charge on any atom is 0.352 e. The average molecular weight is 334 g/mol. The first kappa shape index (κ1) is 15.7. The zero-order valence-electron chi connectivity index (χ0n) is 11.1. The molecule has 2 rings (SSSR count). The number of carboxylic acid groups (broad SMARTS) is 1.